The maximum absolute atomic E-state index is 8.81. The molecular formula is C10H22N2O. The van der Waals surface area contributed by atoms with Gasteiger partial charge in [-0.05, 0) is 31.8 Å². The highest BCUT2D eigenvalue weighted by atomic mass is 16.3. The third kappa shape index (κ3) is 3.63. The van der Waals surface area contributed by atoms with E-state index in [1.165, 1.54) is 19.3 Å². The molecule has 0 spiro atoms. The number of nitrogens with zero attached hydrogens (tertiary/aromatic N) is 1. The van der Waals surface area contributed by atoms with Crippen LogP contribution >= 0.6 is 0 Å². The largest absolute Gasteiger partial charge is 0.395 e. The van der Waals surface area contributed by atoms with Gasteiger partial charge in [0.1, 0.15) is 0 Å². The Bertz CT molecular complexity index is 133. The number of piperidine rings is 1. The van der Waals surface area contributed by atoms with Gasteiger partial charge in [-0.1, -0.05) is 13.3 Å². The smallest absolute Gasteiger partial charge is 0.0595 e. The van der Waals surface area contributed by atoms with Crippen molar-refractivity contribution in [3.63, 3.8) is 0 Å². The van der Waals surface area contributed by atoms with Gasteiger partial charge in [0, 0.05) is 12.6 Å². The van der Waals surface area contributed by atoms with Crippen LogP contribution in [0.2, 0.25) is 0 Å². The molecule has 78 valence electrons. The summed E-state index contributed by atoms with van der Waals surface area (Å²) in [6.45, 7) is 5.54. The Labute approximate surface area is 80.9 Å². The Morgan fingerprint density at radius 2 is 2.08 bits per heavy atom. The van der Waals surface area contributed by atoms with Crippen LogP contribution in [0.1, 0.15) is 26.2 Å². The van der Waals surface area contributed by atoms with E-state index in [9.17, 15) is 0 Å². The van der Waals surface area contributed by atoms with E-state index < -0.39 is 0 Å². The molecule has 0 amide bonds. The molecule has 0 radical (unpaired) electrons. The van der Waals surface area contributed by atoms with Crippen molar-refractivity contribution in [2.75, 3.05) is 26.2 Å². The van der Waals surface area contributed by atoms with E-state index >= 15 is 0 Å². The minimum Gasteiger partial charge on any atom is -0.395 e. The standard InChI is InChI=1S/C10H22N2O/c1-2-9-3-5-12(6-4-9)7-10(11)8-13/h9-10,13H,2-8,11H2,1H3. The summed E-state index contributed by atoms with van der Waals surface area (Å²) >= 11 is 0. The lowest BCUT2D eigenvalue weighted by atomic mass is 9.94. The SMILES string of the molecule is CCC1CCN(CC(N)CO)CC1. The van der Waals surface area contributed by atoms with Gasteiger partial charge < -0.3 is 15.7 Å². The van der Waals surface area contributed by atoms with Gasteiger partial charge in [-0.2, -0.15) is 0 Å². The molecular weight excluding hydrogens is 164 g/mol. The van der Waals surface area contributed by atoms with Crippen molar-refractivity contribution in [3.8, 4) is 0 Å². The van der Waals surface area contributed by atoms with E-state index in [2.05, 4.69) is 11.8 Å². The Hall–Kier alpha value is -0.120. The number of aliphatic hydroxyl groups is 1. The van der Waals surface area contributed by atoms with Crippen molar-refractivity contribution in [3.05, 3.63) is 0 Å². The lowest BCUT2D eigenvalue weighted by molar-refractivity contribution is 0.153. The summed E-state index contributed by atoms with van der Waals surface area (Å²) < 4.78 is 0. The third-order valence-corrected chi connectivity index (χ3v) is 3.01. The molecule has 1 aliphatic rings. The first-order valence-electron chi connectivity index (χ1n) is 5.35. The molecule has 1 heterocycles. The monoisotopic (exact) mass is 186 g/mol. The van der Waals surface area contributed by atoms with Gasteiger partial charge >= 0.3 is 0 Å². The van der Waals surface area contributed by atoms with E-state index in [4.69, 9.17) is 10.8 Å². The zero-order valence-electron chi connectivity index (χ0n) is 8.58. The van der Waals surface area contributed by atoms with Crippen molar-refractivity contribution < 1.29 is 5.11 Å². The van der Waals surface area contributed by atoms with Gasteiger partial charge in [0.15, 0.2) is 0 Å². The third-order valence-electron chi connectivity index (χ3n) is 3.01. The average molecular weight is 186 g/mol. The Morgan fingerprint density at radius 1 is 1.46 bits per heavy atom. The Balaban J connectivity index is 2.17. The normalized spacial score (nSPS) is 23.3. The van der Waals surface area contributed by atoms with Crippen molar-refractivity contribution >= 4 is 0 Å². The molecule has 1 fully saturated rings. The van der Waals surface area contributed by atoms with E-state index in [1.54, 1.807) is 0 Å². The fourth-order valence-corrected chi connectivity index (χ4v) is 1.97. The predicted molar refractivity (Wildman–Crippen MR) is 54.5 cm³/mol. The minimum atomic E-state index is -0.0572. The van der Waals surface area contributed by atoms with Crippen LogP contribution in [0, 0.1) is 5.92 Å². The van der Waals surface area contributed by atoms with Crippen molar-refractivity contribution in [2.24, 2.45) is 11.7 Å². The molecule has 0 bridgehead atoms. The highest BCUT2D eigenvalue weighted by molar-refractivity contribution is 4.74. The molecule has 3 heteroatoms. The Morgan fingerprint density at radius 3 is 2.54 bits per heavy atom. The van der Waals surface area contributed by atoms with Gasteiger partial charge in [0.25, 0.3) is 0 Å². The molecule has 1 saturated heterocycles. The van der Waals surface area contributed by atoms with Gasteiger partial charge in [-0.3, -0.25) is 0 Å². The summed E-state index contributed by atoms with van der Waals surface area (Å²) in [5, 5.41) is 8.81. The first-order valence-corrected chi connectivity index (χ1v) is 5.35. The van der Waals surface area contributed by atoms with Gasteiger partial charge in [-0.15, -0.1) is 0 Å². The quantitative estimate of drug-likeness (QED) is 0.669. The summed E-state index contributed by atoms with van der Waals surface area (Å²) in [4.78, 5) is 2.37. The highest BCUT2D eigenvalue weighted by Gasteiger charge is 2.18. The lowest BCUT2D eigenvalue weighted by Gasteiger charge is -2.32. The molecule has 13 heavy (non-hydrogen) atoms. The van der Waals surface area contributed by atoms with Gasteiger partial charge in [-0.25, -0.2) is 0 Å². The zero-order chi connectivity index (χ0) is 9.68. The van der Waals surface area contributed by atoms with Crippen LogP contribution in [0.5, 0.6) is 0 Å². The topological polar surface area (TPSA) is 49.5 Å². The van der Waals surface area contributed by atoms with Crippen LogP contribution in [-0.2, 0) is 0 Å². The van der Waals surface area contributed by atoms with Crippen LogP contribution < -0.4 is 5.73 Å². The van der Waals surface area contributed by atoms with E-state index in [1.807, 2.05) is 0 Å². The predicted octanol–water partition coefficient (Wildman–Crippen LogP) is 0.428. The summed E-state index contributed by atoms with van der Waals surface area (Å²) in [6.07, 6.45) is 3.91. The second-order valence-electron chi connectivity index (χ2n) is 4.09. The number of hydrogen-bond donors (Lipinski definition) is 2. The average Bonchev–Trinajstić information content (AvgIpc) is 2.19. The number of hydrogen-bond acceptors (Lipinski definition) is 3. The fraction of sp³-hybridized carbons (Fsp3) is 1.00. The maximum Gasteiger partial charge on any atom is 0.0595 e. The molecule has 1 rings (SSSR count). The molecule has 3 N–H and O–H groups in total. The first kappa shape index (κ1) is 11.0. The van der Waals surface area contributed by atoms with Crippen LogP contribution in [0.4, 0.5) is 0 Å². The summed E-state index contributed by atoms with van der Waals surface area (Å²) in [5.41, 5.74) is 5.68. The van der Waals surface area contributed by atoms with E-state index in [0.717, 1.165) is 25.6 Å². The van der Waals surface area contributed by atoms with Crippen molar-refractivity contribution in [1.29, 1.82) is 0 Å². The summed E-state index contributed by atoms with van der Waals surface area (Å²) in [7, 11) is 0. The lowest BCUT2D eigenvalue weighted by Crippen LogP contribution is -2.43. The van der Waals surface area contributed by atoms with Crippen LogP contribution in [0.3, 0.4) is 0 Å². The number of aliphatic hydroxyl groups excluding tert-OH is 1. The van der Waals surface area contributed by atoms with E-state index in [0.29, 0.717) is 0 Å². The molecule has 1 atom stereocenters. The van der Waals surface area contributed by atoms with Crippen LogP contribution in [0.15, 0.2) is 0 Å². The first-order chi connectivity index (χ1) is 6.26. The van der Waals surface area contributed by atoms with Gasteiger partial charge in [0.05, 0.1) is 6.61 Å². The minimum absolute atomic E-state index is 0.0572. The molecule has 0 aromatic rings. The maximum atomic E-state index is 8.81. The van der Waals surface area contributed by atoms with Crippen molar-refractivity contribution in [2.45, 2.75) is 32.2 Å². The molecule has 3 nitrogen and oxygen atoms in total. The second-order valence-corrected chi connectivity index (χ2v) is 4.09. The molecule has 0 aromatic carbocycles. The van der Waals surface area contributed by atoms with Crippen molar-refractivity contribution in [1.82, 2.24) is 4.90 Å². The van der Waals surface area contributed by atoms with E-state index in [-0.39, 0.29) is 12.6 Å². The molecule has 0 aromatic heterocycles. The molecule has 1 unspecified atom stereocenters. The second kappa shape index (κ2) is 5.58. The van der Waals surface area contributed by atoms with Crippen LogP contribution in [-0.4, -0.2) is 42.3 Å². The molecule has 1 aliphatic heterocycles. The van der Waals surface area contributed by atoms with Crippen LogP contribution in [0.25, 0.3) is 0 Å². The Kier molecular flexibility index (Phi) is 4.70. The zero-order valence-corrected chi connectivity index (χ0v) is 8.58. The number of likely N-dealkylation sites (tertiary alicyclic amines) is 1. The number of rotatable bonds is 4. The highest BCUT2D eigenvalue weighted by Crippen LogP contribution is 2.19. The molecule has 0 aliphatic carbocycles. The number of nitrogens with two attached hydrogens (primary N) is 1. The summed E-state index contributed by atoms with van der Waals surface area (Å²) in [5.74, 6) is 0.918. The fourth-order valence-electron chi connectivity index (χ4n) is 1.97. The summed E-state index contributed by atoms with van der Waals surface area (Å²) in [6, 6.07) is -0.0572. The molecule has 0 saturated carbocycles. The van der Waals surface area contributed by atoms with Gasteiger partial charge in [0.2, 0.25) is 0 Å².